The molecule has 3 unspecified atom stereocenters. The second-order valence-corrected chi connectivity index (χ2v) is 8.31. The summed E-state index contributed by atoms with van der Waals surface area (Å²) in [5.74, 6) is 2.35. The lowest BCUT2D eigenvalue weighted by atomic mass is 10.3. The molecule has 1 saturated carbocycles. The average molecular weight is 283 g/mol. The summed E-state index contributed by atoms with van der Waals surface area (Å²) in [5, 5.41) is 5.54. The molecule has 3 atom stereocenters. The normalized spacial score (nSPS) is 32.7. The summed E-state index contributed by atoms with van der Waals surface area (Å²) in [7, 11) is 0. The smallest absolute Gasteiger partial charge is 0.120 e. The zero-order valence-corrected chi connectivity index (χ0v) is 12.6. The van der Waals surface area contributed by atoms with Crippen LogP contribution in [0.4, 0.5) is 0 Å². The van der Waals surface area contributed by atoms with E-state index in [1.165, 1.54) is 30.1 Å². The van der Waals surface area contributed by atoms with Gasteiger partial charge in [0.2, 0.25) is 0 Å². The van der Waals surface area contributed by atoms with Gasteiger partial charge in [-0.1, -0.05) is 13.8 Å². The Bertz CT molecular complexity index is 403. The second kappa shape index (κ2) is 5.47. The monoisotopic (exact) mass is 283 g/mol. The number of hydrogen-bond donors (Lipinski definition) is 2. The van der Waals surface area contributed by atoms with Gasteiger partial charge < -0.3 is 10.3 Å². The van der Waals surface area contributed by atoms with Crippen LogP contribution >= 0.6 is 23.5 Å². The molecule has 2 N–H and O–H groups in total. The number of H-pyrrole nitrogens is 1. The highest BCUT2D eigenvalue weighted by Crippen LogP contribution is 2.43. The van der Waals surface area contributed by atoms with Gasteiger partial charge in [0, 0.05) is 40.7 Å². The van der Waals surface area contributed by atoms with Crippen molar-refractivity contribution in [2.75, 3.05) is 5.75 Å². The summed E-state index contributed by atoms with van der Waals surface area (Å²) in [4.78, 5) is 8.06. The van der Waals surface area contributed by atoms with Gasteiger partial charge >= 0.3 is 0 Å². The first kappa shape index (κ1) is 12.9. The van der Waals surface area contributed by atoms with E-state index in [-0.39, 0.29) is 0 Å². The highest BCUT2D eigenvalue weighted by Gasteiger charge is 2.28. The summed E-state index contributed by atoms with van der Waals surface area (Å²) in [6.45, 7) is 5.59. The SMILES string of the molecule is CC1SCC(c2ncc(CNC3CC3)[nH]2)SC1C. The highest BCUT2D eigenvalue weighted by atomic mass is 32.2. The first-order chi connectivity index (χ1) is 8.72. The van der Waals surface area contributed by atoms with Crippen molar-refractivity contribution in [3.63, 3.8) is 0 Å². The van der Waals surface area contributed by atoms with E-state index in [0.717, 1.165) is 17.8 Å². The van der Waals surface area contributed by atoms with Crippen LogP contribution in [-0.4, -0.2) is 32.3 Å². The van der Waals surface area contributed by atoms with E-state index in [4.69, 9.17) is 0 Å². The van der Waals surface area contributed by atoms with Crippen LogP contribution in [0.5, 0.6) is 0 Å². The second-order valence-electron chi connectivity index (χ2n) is 5.32. The predicted octanol–water partition coefficient (Wildman–Crippen LogP) is 2.96. The molecule has 0 aromatic carbocycles. The molecule has 5 heteroatoms. The first-order valence-corrected chi connectivity index (χ1v) is 8.76. The topological polar surface area (TPSA) is 40.7 Å². The number of imidazole rings is 1. The van der Waals surface area contributed by atoms with Gasteiger partial charge in [-0.05, 0) is 12.8 Å². The number of rotatable bonds is 4. The summed E-state index contributed by atoms with van der Waals surface area (Å²) >= 11 is 4.13. The quantitative estimate of drug-likeness (QED) is 0.891. The van der Waals surface area contributed by atoms with Crippen LogP contribution in [0.15, 0.2) is 6.20 Å². The molecule has 2 heterocycles. The standard InChI is InChI=1S/C13H21N3S2/c1-8-9(2)18-12(7-17-8)13-15-6-11(16-13)5-14-10-3-4-10/h6,8-10,12,14H,3-5,7H2,1-2H3,(H,15,16). The molecule has 0 bridgehead atoms. The van der Waals surface area contributed by atoms with Crippen LogP contribution in [0.3, 0.4) is 0 Å². The minimum absolute atomic E-state index is 0.538. The molecule has 100 valence electrons. The molecule has 0 amide bonds. The Kier molecular flexibility index (Phi) is 3.91. The maximum absolute atomic E-state index is 4.57. The Balaban J connectivity index is 1.58. The minimum Gasteiger partial charge on any atom is -0.344 e. The van der Waals surface area contributed by atoms with Gasteiger partial charge in [-0.2, -0.15) is 11.8 Å². The average Bonchev–Trinajstić information content (AvgIpc) is 3.08. The molecule has 0 spiro atoms. The van der Waals surface area contributed by atoms with E-state index in [0.29, 0.717) is 10.5 Å². The number of aromatic amines is 1. The molecule has 2 fully saturated rings. The summed E-state index contributed by atoms with van der Waals surface area (Å²) in [6.07, 6.45) is 4.68. The van der Waals surface area contributed by atoms with E-state index in [2.05, 4.69) is 52.7 Å². The van der Waals surface area contributed by atoms with E-state index in [1.54, 1.807) is 0 Å². The zero-order chi connectivity index (χ0) is 12.5. The Hall–Kier alpha value is -0.130. The Morgan fingerprint density at radius 1 is 1.39 bits per heavy atom. The first-order valence-electron chi connectivity index (χ1n) is 6.76. The summed E-state index contributed by atoms with van der Waals surface area (Å²) in [5.41, 5.74) is 1.23. The van der Waals surface area contributed by atoms with Crippen LogP contribution in [0.2, 0.25) is 0 Å². The molecular weight excluding hydrogens is 262 g/mol. The molecule has 1 aromatic rings. The lowest BCUT2D eigenvalue weighted by molar-refractivity contribution is 0.675. The van der Waals surface area contributed by atoms with Crippen molar-refractivity contribution >= 4 is 23.5 Å². The number of aromatic nitrogens is 2. The van der Waals surface area contributed by atoms with Crippen molar-refractivity contribution in [2.45, 2.75) is 55.0 Å². The van der Waals surface area contributed by atoms with E-state index in [9.17, 15) is 0 Å². The van der Waals surface area contributed by atoms with Crippen LogP contribution in [0.1, 0.15) is 43.5 Å². The fourth-order valence-electron chi connectivity index (χ4n) is 2.10. The Morgan fingerprint density at radius 3 is 2.94 bits per heavy atom. The molecular formula is C13H21N3S2. The summed E-state index contributed by atoms with van der Waals surface area (Å²) in [6, 6.07) is 0.761. The maximum atomic E-state index is 4.57. The van der Waals surface area contributed by atoms with Gasteiger partial charge in [0.05, 0.1) is 5.25 Å². The maximum Gasteiger partial charge on any atom is 0.120 e. The fourth-order valence-corrected chi connectivity index (χ4v) is 4.97. The van der Waals surface area contributed by atoms with E-state index < -0.39 is 0 Å². The molecule has 0 radical (unpaired) electrons. The summed E-state index contributed by atoms with van der Waals surface area (Å²) < 4.78 is 0. The largest absolute Gasteiger partial charge is 0.344 e. The van der Waals surface area contributed by atoms with Gasteiger partial charge in [0.25, 0.3) is 0 Å². The van der Waals surface area contributed by atoms with Crippen molar-refractivity contribution < 1.29 is 0 Å². The number of hydrogen-bond acceptors (Lipinski definition) is 4. The third kappa shape index (κ3) is 3.06. The van der Waals surface area contributed by atoms with E-state index in [1.807, 2.05) is 6.20 Å². The molecule has 3 nitrogen and oxygen atoms in total. The molecule has 2 aliphatic rings. The van der Waals surface area contributed by atoms with Crippen LogP contribution in [0, 0.1) is 0 Å². The van der Waals surface area contributed by atoms with Gasteiger partial charge in [-0.3, -0.25) is 0 Å². The number of thioether (sulfide) groups is 2. The van der Waals surface area contributed by atoms with Crippen molar-refractivity contribution in [3.8, 4) is 0 Å². The van der Waals surface area contributed by atoms with Crippen LogP contribution < -0.4 is 5.32 Å². The predicted molar refractivity (Wildman–Crippen MR) is 80.2 cm³/mol. The Labute approximate surface area is 117 Å². The minimum atomic E-state index is 0.538. The van der Waals surface area contributed by atoms with Gasteiger partial charge in [-0.15, -0.1) is 11.8 Å². The molecule has 18 heavy (non-hydrogen) atoms. The Morgan fingerprint density at radius 2 is 2.22 bits per heavy atom. The lowest BCUT2D eigenvalue weighted by Gasteiger charge is -2.30. The van der Waals surface area contributed by atoms with Crippen LogP contribution in [0.25, 0.3) is 0 Å². The van der Waals surface area contributed by atoms with E-state index >= 15 is 0 Å². The number of nitrogens with one attached hydrogen (secondary N) is 2. The molecule has 1 saturated heterocycles. The van der Waals surface area contributed by atoms with Gasteiger partial charge in [0.15, 0.2) is 0 Å². The van der Waals surface area contributed by atoms with Crippen LogP contribution in [-0.2, 0) is 6.54 Å². The number of nitrogens with zero attached hydrogens (tertiary/aromatic N) is 1. The van der Waals surface area contributed by atoms with Crippen molar-refractivity contribution in [1.29, 1.82) is 0 Å². The highest BCUT2D eigenvalue weighted by molar-refractivity contribution is 8.07. The van der Waals surface area contributed by atoms with Crippen molar-refractivity contribution in [2.24, 2.45) is 0 Å². The zero-order valence-electron chi connectivity index (χ0n) is 11.0. The third-order valence-corrected chi connectivity index (χ3v) is 7.06. The molecule has 1 aliphatic carbocycles. The van der Waals surface area contributed by atoms with Crippen molar-refractivity contribution in [3.05, 3.63) is 17.7 Å². The van der Waals surface area contributed by atoms with Gasteiger partial charge in [0.1, 0.15) is 5.82 Å². The molecule has 1 aromatic heterocycles. The fraction of sp³-hybridized carbons (Fsp3) is 0.769. The molecule has 1 aliphatic heterocycles. The van der Waals surface area contributed by atoms with Gasteiger partial charge in [-0.25, -0.2) is 4.98 Å². The third-order valence-electron chi connectivity index (χ3n) is 3.66. The van der Waals surface area contributed by atoms with Crippen molar-refractivity contribution in [1.82, 2.24) is 15.3 Å². The molecule has 3 rings (SSSR count). The lowest BCUT2D eigenvalue weighted by Crippen LogP contribution is -2.22.